The number of nitrogens with two attached hydrogens (primary N) is 1. The largest absolute Gasteiger partial charge is 0.467 e. The molecule has 0 saturated heterocycles. The first kappa shape index (κ1) is 11.4. The van der Waals surface area contributed by atoms with Gasteiger partial charge in [-0.3, -0.25) is 4.79 Å². The van der Waals surface area contributed by atoms with Crippen LogP contribution in [0.5, 0.6) is 0 Å². The highest BCUT2D eigenvalue weighted by atomic mass is 16.3. The minimum absolute atomic E-state index is 0.225. The summed E-state index contributed by atoms with van der Waals surface area (Å²) in [7, 11) is 0. The highest BCUT2D eigenvalue weighted by Crippen LogP contribution is 2.00. The molecule has 0 radical (unpaired) electrons. The third-order valence-electron chi connectivity index (χ3n) is 2.26. The molecule has 0 atom stereocenters. The lowest BCUT2D eigenvalue weighted by molar-refractivity contribution is 0.0943. The molecule has 2 heterocycles. The minimum atomic E-state index is -0.225. The maximum absolute atomic E-state index is 11.7. The summed E-state index contributed by atoms with van der Waals surface area (Å²) in [5, 5.41) is 2.72. The lowest BCUT2D eigenvalue weighted by Gasteiger charge is -2.00. The maximum atomic E-state index is 11.7. The van der Waals surface area contributed by atoms with E-state index in [1.54, 1.807) is 35.5 Å². The molecule has 0 aliphatic rings. The van der Waals surface area contributed by atoms with Gasteiger partial charge in [-0.2, -0.15) is 0 Å². The number of rotatable bonds is 5. The van der Waals surface area contributed by atoms with E-state index in [9.17, 15) is 4.79 Å². The number of nitrogens with one attached hydrogen (secondary N) is 1. The average molecular weight is 234 g/mol. The highest BCUT2D eigenvalue weighted by molar-refractivity contribution is 5.91. The van der Waals surface area contributed by atoms with Crippen molar-refractivity contribution in [1.82, 2.24) is 14.9 Å². The number of furan rings is 1. The third-order valence-corrected chi connectivity index (χ3v) is 2.26. The molecule has 0 bridgehead atoms. The Labute approximate surface area is 98.4 Å². The molecule has 0 aliphatic carbocycles. The number of imidazole rings is 1. The van der Waals surface area contributed by atoms with E-state index in [1.807, 2.05) is 0 Å². The molecule has 0 spiro atoms. The fraction of sp³-hybridized carbons (Fsp3) is 0.273. The van der Waals surface area contributed by atoms with Crippen molar-refractivity contribution in [1.29, 1.82) is 0 Å². The van der Waals surface area contributed by atoms with Gasteiger partial charge in [-0.05, 0) is 12.1 Å². The molecule has 6 nitrogen and oxygen atoms in total. The van der Waals surface area contributed by atoms with Crippen LogP contribution in [0.15, 0.2) is 35.3 Å². The molecule has 3 N–H and O–H groups in total. The fourth-order valence-corrected chi connectivity index (χ4v) is 1.42. The summed E-state index contributed by atoms with van der Waals surface area (Å²) in [5.41, 5.74) is 5.79. The second-order valence-corrected chi connectivity index (χ2v) is 3.55. The van der Waals surface area contributed by atoms with Crippen molar-refractivity contribution in [2.45, 2.75) is 13.1 Å². The predicted octanol–water partition coefficient (Wildman–Crippen LogP) is 0.365. The smallest absolute Gasteiger partial charge is 0.271 e. The zero-order valence-electron chi connectivity index (χ0n) is 9.30. The third kappa shape index (κ3) is 2.94. The molecule has 2 aromatic heterocycles. The molecule has 6 heteroatoms. The van der Waals surface area contributed by atoms with E-state index in [4.69, 9.17) is 10.2 Å². The van der Waals surface area contributed by atoms with Gasteiger partial charge < -0.3 is 20.0 Å². The summed E-state index contributed by atoms with van der Waals surface area (Å²) < 4.78 is 6.89. The molecular weight excluding hydrogens is 220 g/mol. The number of carbonyl (C=O) groups is 1. The Bertz CT molecular complexity index is 475. The summed E-state index contributed by atoms with van der Waals surface area (Å²) >= 11 is 0. The molecule has 1 amide bonds. The summed E-state index contributed by atoms with van der Waals surface area (Å²) in [5.74, 6) is 0.483. The van der Waals surface area contributed by atoms with Gasteiger partial charge in [0.05, 0.1) is 19.1 Å². The number of amides is 1. The fourth-order valence-electron chi connectivity index (χ4n) is 1.42. The Kier molecular flexibility index (Phi) is 3.56. The lowest BCUT2D eigenvalue weighted by atomic mass is 10.4. The average Bonchev–Trinajstić information content (AvgIpc) is 2.97. The van der Waals surface area contributed by atoms with Gasteiger partial charge in [-0.15, -0.1) is 0 Å². The summed E-state index contributed by atoms with van der Waals surface area (Å²) in [4.78, 5) is 15.7. The van der Waals surface area contributed by atoms with Crippen LogP contribution < -0.4 is 11.1 Å². The number of carbonyl (C=O) groups excluding carboxylic acids is 1. The Balaban J connectivity index is 1.90. The zero-order chi connectivity index (χ0) is 12.1. The first-order valence-corrected chi connectivity index (χ1v) is 5.32. The van der Waals surface area contributed by atoms with Crippen LogP contribution in [0.2, 0.25) is 0 Å². The van der Waals surface area contributed by atoms with Gasteiger partial charge in [-0.1, -0.05) is 0 Å². The van der Waals surface area contributed by atoms with Gasteiger partial charge in [0.15, 0.2) is 0 Å². The van der Waals surface area contributed by atoms with Gasteiger partial charge in [0.1, 0.15) is 11.5 Å². The van der Waals surface area contributed by atoms with E-state index in [0.29, 0.717) is 31.1 Å². The zero-order valence-corrected chi connectivity index (χ0v) is 9.30. The molecule has 0 unspecified atom stereocenters. The van der Waals surface area contributed by atoms with Crippen LogP contribution in [-0.4, -0.2) is 22.0 Å². The first-order valence-electron chi connectivity index (χ1n) is 5.32. The predicted molar refractivity (Wildman–Crippen MR) is 61.2 cm³/mol. The molecule has 2 aromatic rings. The normalized spacial score (nSPS) is 10.4. The molecule has 17 heavy (non-hydrogen) atoms. The van der Waals surface area contributed by atoms with Gasteiger partial charge in [0.2, 0.25) is 0 Å². The molecule has 0 aromatic carbocycles. The Morgan fingerprint density at radius 1 is 1.59 bits per heavy atom. The molecule has 0 aliphatic heterocycles. The van der Waals surface area contributed by atoms with Gasteiger partial charge >= 0.3 is 0 Å². The van der Waals surface area contributed by atoms with Crippen molar-refractivity contribution >= 4 is 5.91 Å². The SMILES string of the molecule is NCCn1cnc(C(=O)NCc2ccco2)c1. The second-order valence-electron chi connectivity index (χ2n) is 3.55. The number of hydrogen-bond donors (Lipinski definition) is 2. The number of hydrogen-bond acceptors (Lipinski definition) is 4. The first-order chi connectivity index (χ1) is 8.29. The summed E-state index contributed by atoms with van der Waals surface area (Å²) in [6, 6.07) is 3.57. The van der Waals surface area contributed by atoms with Crippen LogP contribution >= 0.6 is 0 Å². The second kappa shape index (κ2) is 5.31. The van der Waals surface area contributed by atoms with Gasteiger partial charge in [0, 0.05) is 19.3 Å². The van der Waals surface area contributed by atoms with Crippen LogP contribution in [0, 0.1) is 0 Å². The minimum Gasteiger partial charge on any atom is -0.467 e. The van der Waals surface area contributed by atoms with E-state index in [0.717, 1.165) is 0 Å². The Morgan fingerprint density at radius 2 is 2.47 bits per heavy atom. The monoisotopic (exact) mass is 234 g/mol. The van der Waals surface area contributed by atoms with Crippen LogP contribution in [0.1, 0.15) is 16.2 Å². The Morgan fingerprint density at radius 3 is 3.18 bits per heavy atom. The molecular formula is C11H14N4O2. The van der Waals surface area contributed by atoms with Crippen LogP contribution in [-0.2, 0) is 13.1 Å². The highest BCUT2D eigenvalue weighted by Gasteiger charge is 2.09. The van der Waals surface area contributed by atoms with E-state index in [2.05, 4.69) is 10.3 Å². The van der Waals surface area contributed by atoms with Crippen LogP contribution in [0.3, 0.4) is 0 Å². The van der Waals surface area contributed by atoms with Crippen molar-refractivity contribution in [2.75, 3.05) is 6.54 Å². The number of aromatic nitrogens is 2. The summed E-state index contributed by atoms with van der Waals surface area (Å²) in [6.45, 7) is 1.53. The van der Waals surface area contributed by atoms with Gasteiger partial charge in [0.25, 0.3) is 5.91 Å². The van der Waals surface area contributed by atoms with E-state index in [-0.39, 0.29) is 5.91 Å². The van der Waals surface area contributed by atoms with Crippen LogP contribution in [0.25, 0.3) is 0 Å². The molecule has 0 fully saturated rings. The number of nitrogens with zero attached hydrogens (tertiary/aromatic N) is 2. The van der Waals surface area contributed by atoms with E-state index >= 15 is 0 Å². The molecule has 2 rings (SSSR count). The van der Waals surface area contributed by atoms with E-state index in [1.165, 1.54) is 0 Å². The van der Waals surface area contributed by atoms with Crippen molar-refractivity contribution in [3.8, 4) is 0 Å². The van der Waals surface area contributed by atoms with E-state index < -0.39 is 0 Å². The quantitative estimate of drug-likeness (QED) is 0.782. The Hall–Kier alpha value is -2.08. The van der Waals surface area contributed by atoms with Crippen LogP contribution in [0.4, 0.5) is 0 Å². The summed E-state index contributed by atoms with van der Waals surface area (Å²) in [6.07, 6.45) is 4.83. The van der Waals surface area contributed by atoms with Crippen molar-refractivity contribution in [3.63, 3.8) is 0 Å². The standard InChI is InChI=1S/C11H14N4O2/c12-3-4-15-7-10(14-8-15)11(16)13-6-9-2-1-5-17-9/h1-2,5,7-8H,3-4,6,12H2,(H,13,16). The molecule has 90 valence electrons. The van der Waals surface area contributed by atoms with Crippen molar-refractivity contribution in [2.24, 2.45) is 5.73 Å². The maximum Gasteiger partial charge on any atom is 0.271 e. The molecule has 0 saturated carbocycles. The van der Waals surface area contributed by atoms with Crippen molar-refractivity contribution in [3.05, 3.63) is 42.4 Å². The van der Waals surface area contributed by atoms with Gasteiger partial charge in [-0.25, -0.2) is 4.98 Å². The van der Waals surface area contributed by atoms with Crippen molar-refractivity contribution < 1.29 is 9.21 Å². The lowest BCUT2D eigenvalue weighted by Crippen LogP contribution is -2.22. The topological polar surface area (TPSA) is 86.1 Å².